The summed E-state index contributed by atoms with van der Waals surface area (Å²) in [6.07, 6.45) is -0.0222. The van der Waals surface area contributed by atoms with E-state index in [0.29, 0.717) is 5.56 Å². The highest BCUT2D eigenvalue weighted by atomic mass is 127. The molecule has 0 aromatic heterocycles. The molecule has 0 aliphatic rings. The molecule has 0 radical (unpaired) electrons. The quantitative estimate of drug-likeness (QED) is 0.623. The predicted octanol–water partition coefficient (Wildman–Crippen LogP) is 1.62. The lowest BCUT2D eigenvalue weighted by molar-refractivity contribution is -0.139. The van der Waals surface area contributed by atoms with Gasteiger partial charge in [-0.2, -0.15) is 0 Å². The molecule has 0 aliphatic carbocycles. The number of carboxylic acid groups (broad SMARTS) is 1. The molecule has 1 aromatic rings. The van der Waals surface area contributed by atoms with Crippen LogP contribution in [0.15, 0.2) is 22.7 Å². The Labute approximate surface area is 126 Å². The van der Waals surface area contributed by atoms with Crippen molar-refractivity contribution < 1.29 is 19.8 Å². The van der Waals surface area contributed by atoms with Gasteiger partial charge in [0.05, 0.1) is 5.56 Å². The van der Waals surface area contributed by atoms with Crippen LogP contribution in [0, 0.1) is 3.57 Å². The minimum atomic E-state index is -1.16. The maximum Gasteiger partial charge on any atom is 0.326 e. The summed E-state index contributed by atoms with van der Waals surface area (Å²) in [7, 11) is 0. The van der Waals surface area contributed by atoms with E-state index in [4.69, 9.17) is 10.2 Å². The van der Waals surface area contributed by atoms with Crippen LogP contribution < -0.4 is 5.32 Å². The van der Waals surface area contributed by atoms with Gasteiger partial charge >= 0.3 is 5.97 Å². The molecule has 0 unspecified atom stereocenters. The second-order valence-electron chi connectivity index (χ2n) is 3.50. The van der Waals surface area contributed by atoms with E-state index in [0.717, 1.165) is 8.04 Å². The Morgan fingerprint density at radius 3 is 2.67 bits per heavy atom. The van der Waals surface area contributed by atoms with E-state index in [9.17, 15) is 9.59 Å². The summed E-state index contributed by atoms with van der Waals surface area (Å²) in [5.74, 6) is -1.64. The van der Waals surface area contributed by atoms with Crippen LogP contribution >= 0.6 is 38.5 Å². The number of hydrogen-bond donors (Lipinski definition) is 3. The van der Waals surface area contributed by atoms with Crippen LogP contribution in [-0.4, -0.2) is 34.7 Å². The Morgan fingerprint density at radius 1 is 1.44 bits per heavy atom. The third kappa shape index (κ3) is 4.21. The van der Waals surface area contributed by atoms with Crippen LogP contribution in [0.5, 0.6) is 0 Å². The van der Waals surface area contributed by atoms with Gasteiger partial charge < -0.3 is 15.5 Å². The molecule has 0 heterocycles. The fourth-order valence-electron chi connectivity index (χ4n) is 1.29. The molecule has 18 heavy (non-hydrogen) atoms. The van der Waals surface area contributed by atoms with Gasteiger partial charge in [-0.25, -0.2) is 4.79 Å². The van der Waals surface area contributed by atoms with Crippen molar-refractivity contribution in [3.8, 4) is 0 Å². The van der Waals surface area contributed by atoms with Gasteiger partial charge in [-0.05, 0) is 40.8 Å². The molecule has 5 nitrogen and oxygen atoms in total. The smallest absolute Gasteiger partial charge is 0.326 e. The number of rotatable bonds is 5. The van der Waals surface area contributed by atoms with Gasteiger partial charge in [-0.15, -0.1) is 0 Å². The van der Waals surface area contributed by atoms with Crippen LogP contribution in [-0.2, 0) is 4.79 Å². The molecule has 0 saturated carbocycles. The summed E-state index contributed by atoms with van der Waals surface area (Å²) >= 11 is 5.25. The van der Waals surface area contributed by atoms with Crippen molar-refractivity contribution in [2.24, 2.45) is 0 Å². The summed E-state index contributed by atoms with van der Waals surface area (Å²) < 4.78 is 1.46. The first-order chi connectivity index (χ1) is 8.45. The zero-order valence-corrected chi connectivity index (χ0v) is 12.9. The molecular weight excluding hydrogens is 417 g/mol. The summed E-state index contributed by atoms with van der Waals surface area (Å²) in [4.78, 5) is 22.8. The number of carboxylic acids is 1. The largest absolute Gasteiger partial charge is 0.480 e. The van der Waals surface area contributed by atoms with Crippen molar-refractivity contribution in [2.75, 3.05) is 6.61 Å². The molecule has 0 saturated heterocycles. The molecule has 98 valence electrons. The number of hydrogen-bond acceptors (Lipinski definition) is 3. The lowest BCUT2D eigenvalue weighted by Crippen LogP contribution is -2.41. The minimum absolute atomic E-state index is 0.0222. The molecule has 1 atom stereocenters. The standard InChI is InChI=1S/C11H11BrINO4/c12-6-1-2-8(13)7(5-6)10(16)14-9(3-4-15)11(17)18/h1-2,5,9,15H,3-4H2,(H,14,16)(H,17,18)/t9-/m0/s1. The zero-order valence-electron chi connectivity index (χ0n) is 9.19. The van der Waals surface area contributed by atoms with E-state index in [2.05, 4.69) is 21.2 Å². The Morgan fingerprint density at radius 2 is 2.11 bits per heavy atom. The molecule has 7 heteroatoms. The van der Waals surface area contributed by atoms with Crippen LogP contribution in [0.3, 0.4) is 0 Å². The van der Waals surface area contributed by atoms with Crippen molar-refractivity contribution in [3.63, 3.8) is 0 Å². The molecule has 3 N–H and O–H groups in total. The summed E-state index contributed by atoms with van der Waals surface area (Å²) in [5.41, 5.74) is 0.397. The van der Waals surface area contributed by atoms with Crippen molar-refractivity contribution >= 4 is 50.4 Å². The highest BCUT2D eigenvalue weighted by molar-refractivity contribution is 14.1. The van der Waals surface area contributed by atoms with Gasteiger partial charge in [0.2, 0.25) is 0 Å². The number of aliphatic hydroxyl groups excluding tert-OH is 1. The molecular formula is C11H11BrINO4. The SMILES string of the molecule is O=C(N[C@@H](CCO)C(=O)O)c1cc(Br)ccc1I. The molecule has 1 amide bonds. The van der Waals surface area contributed by atoms with E-state index in [-0.39, 0.29) is 13.0 Å². The fourth-order valence-corrected chi connectivity index (χ4v) is 2.24. The Balaban J connectivity index is 2.86. The maximum atomic E-state index is 11.9. The van der Waals surface area contributed by atoms with Gasteiger partial charge in [0.25, 0.3) is 5.91 Å². The minimum Gasteiger partial charge on any atom is -0.480 e. The average molecular weight is 428 g/mol. The number of halogens is 2. The second-order valence-corrected chi connectivity index (χ2v) is 5.58. The number of carbonyl (C=O) groups excluding carboxylic acids is 1. The van der Waals surface area contributed by atoms with E-state index in [1.165, 1.54) is 0 Å². The summed E-state index contributed by atoms with van der Waals surface area (Å²) in [6, 6.07) is 4.08. The van der Waals surface area contributed by atoms with Crippen molar-refractivity contribution in [1.82, 2.24) is 5.32 Å². The van der Waals surface area contributed by atoms with E-state index in [1.807, 2.05) is 22.6 Å². The highest BCUT2D eigenvalue weighted by Gasteiger charge is 2.21. The number of carbonyl (C=O) groups is 2. The maximum absolute atomic E-state index is 11.9. The topological polar surface area (TPSA) is 86.6 Å². The van der Waals surface area contributed by atoms with Crippen LogP contribution in [0.4, 0.5) is 0 Å². The Kier molecular flexibility index (Phi) is 6.03. The highest BCUT2D eigenvalue weighted by Crippen LogP contribution is 2.18. The first-order valence-corrected chi connectivity index (χ1v) is 6.92. The molecule has 0 fully saturated rings. The number of nitrogens with one attached hydrogen (secondary N) is 1. The lowest BCUT2D eigenvalue weighted by atomic mass is 10.1. The fraction of sp³-hybridized carbons (Fsp3) is 0.273. The monoisotopic (exact) mass is 427 g/mol. The predicted molar refractivity (Wildman–Crippen MR) is 77.5 cm³/mol. The van der Waals surface area contributed by atoms with Gasteiger partial charge in [0, 0.05) is 21.1 Å². The van der Waals surface area contributed by atoms with E-state index < -0.39 is 17.9 Å². The van der Waals surface area contributed by atoms with E-state index >= 15 is 0 Å². The Bertz CT molecular complexity index is 466. The van der Waals surface area contributed by atoms with Crippen molar-refractivity contribution in [1.29, 1.82) is 0 Å². The number of aliphatic carboxylic acids is 1. The molecule has 0 bridgehead atoms. The molecule has 1 rings (SSSR count). The van der Waals surface area contributed by atoms with Gasteiger partial charge in [-0.3, -0.25) is 4.79 Å². The van der Waals surface area contributed by atoms with Crippen LogP contribution in [0.2, 0.25) is 0 Å². The van der Waals surface area contributed by atoms with Gasteiger partial charge in [0.1, 0.15) is 6.04 Å². The molecule has 1 aromatic carbocycles. The first-order valence-electron chi connectivity index (χ1n) is 5.05. The zero-order chi connectivity index (χ0) is 13.7. The third-order valence-corrected chi connectivity index (χ3v) is 3.63. The van der Waals surface area contributed by atoms with Crippen molar-refractivity contribution in [3.05, 3.63) is 31.8 Å². The second kappa shape index (κ2) is 7.05. The summed E-state index contributed by atoms with van der Waals surface area (Å²) in [6.45, 7) is -0.299. The third-order valence-electron chi connectivity index (χ3n) is 2.19. The number of aliphatic hydroxyl groups is 1. The van der Waals surface area contributed by atoms with Crippen LogP contribution in [0.1, 0.15) is 16.8 Å². The van der Waals surface area contributed by atoms with Crippen molar-refractivity contribution in [2.45, 2.75) is 12.5 Å². The first kappa shape index (κ1) is 15.4. The Hall–Kier alpha value is -0.670. The van der Waals surface area contributed by atoms with E-state index in [1.54, 1.807) is 18.2 Å². The average Bonchev–Trinajstić information content (AvgIpc) is 2.31. The summed E-state index contributed by atoms with van der Waals surface area (Å²) in [5, 5.41) is 20.0. The molecule has 0 aliphatic heterocycles. The molecule has 0 spiro atoms. The van der Waals surface area contributed by atoms with Gasteiger partial charge in [0.15, 0.2) is 0 Å². The number of amides is 1. The normalized spacial score (nSPS) is 11.9. The van der Waals surface area contributed by atoms with Gasteiger partial charge in [-0.1, -0.05) is 15.9 Å². The lowest BCUT2D eigenvalue weighted by Gasteiger charge is -2.14. The number of benzene rings is 1. The van der Waals surface area contributed by atoms with Crippen LogP contribution in [0.25, 0.3) is 0 Å².